The van der Waals surface area contributed by atoms with Gasteiger partial charge in [0.1, 0.15) is 23.2 Å². The van der Waals surface area contributed by atoms with E-state index in [9.17, 15) is 9.59 Å². The van der Waals surface area contributed by atoms with Gasteiger partial charge < -0.3 is 9.53 Å². The molecule has 2 aromatic heterocycles. The molecular formula is C14H17N3O3. The molecule has 6 heteroatoms. The Balaban J connectivity index is 2.47. The predicted molar refractivity (Wildman–Crippen MR) is 73.5 cm³/mol. The first-order valence-corrected chi connectivity index (χ1v) is 6.42. The molecule has 0 aromatic carbocycles. The van der Waals surface area contributed by atoms with E-state index in [0.717, 1.165) is 6.29 Å². The molecule has 0 aliphatic heterocycles. The molecule has 0 N–H and O–H groups in total. The molecule has 6 nitrogen and oxygen atoms in total. The summed E-state index contributed by atoms with van der Waals surface area (Å²) in [5.41, 5.74) is 0.451. The zero-order valence-electron chi connectivity index (χ0n) is 11.8. The zero-order chi connectivity index (χ0) is 14.8. The Morgan fingerprint density at radius 1 is 1.45 bits per heavy atom. The number of fused-ring (bicyclic) bond motifs is 1. The van der Waals surface area contributed by atoms with Crippen LogP contribution >= 0.6 is 0 Å². The smallest absolute Gasteiger partial charge is 0.421 e. The number of aryl methyl sites for hydroxylation is 1. The Bertz CT molecular complexity index is 641. The summed E-state index contributed by atoms with van der Waals surface area (Å²) in [5, 5.41) is 0. The van der Waals surface area contributed by atoms with Crippen LogP contribution < -0.4 is 0 Å². The number of imidazole rings is 1. The van der Waals surface area contributed by atoms with Crippen LogP contribution in [0.5, 0.6) is 0 Å². The molecule has 0 atom stereocenters. The van der Waals surface area contributed by atoms with Gasteiger partial charge in [-0.25, -0.2) is 19.3 Å². The highest BCUT2D eigenvalue weighted by Crippen LogP contribution is 2.17. The van der Waals surface area contributed by atoms with E-state index in [1.54, 1.807) is 39.1 Å². The number of rotatable bonds is 3. The highest BCUT2D eigenvalue weighted by molar-refractivity contribution is 5.85. The van der Waals surface area contributed by atoms with E-state index in [0.29, 0.717) is 29.8 Å². The molecule has 0 saturated carbocycles. The average molecular weight is 275 g/mol. The van der Waals surface area contributed by atoms with Crippen molar-refractivity contribution in [2.45, 2.75) is 39.2 Å². The number of nitrogens with zero attached hydrogens (tertiary/aromatic N) is 3. The van der Waals surface area contributed by atoms with Crippen LogP contribution in [0.3, 0.4) is 0 Å². The largest absolute Gasteiger partial charge is 0.443 e. The first kappa shape index (κ1) is 14.2. The molecule has 0 unspecified atom stereocenters. The monoisotopic (exact) mass is 275 g/mol. The van der Waals surface area contributed by atoms with Crippen LogP contribution in [0.25, 0.3) is 11.2 Å². The van der Waals surface area contributed by atoms with Crippen LogP contribution in [0, 0.1) is 0 Å². The van der Waals surface area contributed by atoms with Crippen LogP contribution in [0.15, 0.2) is 18.3 Å². The quantitative estimate of drug-likeness (QED) is 0.804. The summed E-state index contributed by atoms with van der Waals surface area (Å²) < 4.78 is 6.70. The van der Waals surface area contributed by atoms with E-state index in [1.165, 1.54) is 4.57 Å². The van der Waals surface area contributed by atoms with Crippen molar-refractivity contribution < 1.29 is 14.3 Å². The van der Waals surface area contributed by atoms with Crippen LogP contribution in [0.1, 0.15) is 33.0 Å². The number of carbonyl (C=O) groups is 2. The van der Waals surface area contributed by atoms with E-state index in [4.69, 9.17) is 4.74 Å². The summed E-state index contributed by atoms with van der Waals surface area (Å²) in [6.07, 6.45) is 2.53. The van der Waals surface area contributed by atoms with Gasteiger partial charge in [0.15, 0.2) is 5.65 Å². The van der Waals surface area contributed by atoms with Crippen LogP contribution in [-0.4, -0.2) is 32.5 Å². The van der Waals surface area contributed by atoms with Gasteiger partial charge in [0.05, 0.1) is 0 Å². The summed E-state index contributed by atoms with van der Waals surface area (Å²) in [6.45, 7) is 5.38. The Morgan fingerprint density at radius 2 is 2.20 bits per heavy atom. The third-order valence-corrected chi connectivity index (χ3v) is 2.55. The maximum Gasteiger partial charge on any atom is 0.421 e. The topological polar surface area (TPSA) is 74.1 Å². The second-order valence-corrected chi connectivity index (χ2v) is 5.40. The number of pyridine rings is 1. The molecular weight excluding hydrogens is 258 g/mol. The minimum Gasteiger partial charge on any atom is -0.443 e. The van der Waals surface area contributed by atoms with Gasteiger partial charge in [-0.1, -0.05) is 0 Å². The van der Waals surface area contributed by atoms with Gasteiger partial charge >= 0.3 is 6.09 Å². The summed E-state index contributed by atoms with van der Waals surface area (Å²) >= 11 is 0. The maximum absolute atomic E-state index is 12.3. The highest BCUT2D eigenvalue weighted by Gasteiger charge is 2.23. The van der Waals surface area contributed by atoms with Crippen molar-refractivity contribution in [1.82, 2.24) is 14.5 Å². The molecule has 0 amide bonds. The number of hydrogen-bond donors (Lipinski definition) is 0. The van der Waals surface area contributed by atoms with Gasteiger partial charge in [-0.2, -0.15) is 0 Å². The zero-order valence-corrected chi connectivity index (χ0v) is 11.8. The van der Waals surface area contributed by atoms with Crippen molar-refractivity contribution in [2.75, 3.05) is 0 Å². The van der Waals surface area contributed by atoms with Crippen molar-refractivity contribution in [3.8, 4) is 0 Å². The lowest BCUT2D eigenvalue weighted by molar-refractivity contribution is -0.107. The maximum atomic E-state index is 12.3. The van der Waals surface area contributed by atoms with Gasteiger partial charge in [0, 0.05) is 19.0 Å². The minimum absolute atomic E-state index is 0.298. The predicted octanol–water partition coefficient (Wildman–Crippen LogP) is 2.35. The molecule has 0 fully saturated rings. The van der Waals surface area contributed by atoms with Crippen LogP contribution in [-0.2, 0) is 16.0 Å². The molecule has 0 spiro atoms. The van der Waals surface area contributed by atoms with Crippen molar-refractivity contribution in [1.29, 1.82) is 0 Å². The number of carbonyl (C=O) groups excluding carboxylic acids is 2. The SMILES string of the molecule is CC(C)(C)OC(=O)n1c(CCC=O)nc2cccnc21. The third kappa shape index (κ3) is 3.01. The molecule has 20 heavy (non-hydrogen) atoms. The van der Waals surface area contributed by atoms with E-state index in [2.05, 4.69) is 9.97 Å². The second kappa shape index (κ2) is 5.40. The van der Waals surface area contributed by atoms with Crippen LogP contribution in [0.2, 0.25) is 0 Å². The van der Waals surface area contributed by atoms with E-state index in [1.807, 2.05) is 0 Å². The Kier molecular flexibility index (Phi) is 3.83. The highest BCUT2D eigenvalue weighted by atomic mass is 16.6. The van der Waals surface area contributed by atoms with Crippen molar-refractivity contribution in [2.24, 2.45) is 0 Å². The van der Waals surface area contributed by atoms with Gasteiger partial charge in [-0.3, -0.25) is 0 Å². The van der Waals surface area contributed by atoms with Gasteiger partial charge in [0.25, 0.3) is 0 Å². The lowest BCUT2D eigenvalue weighted by Crippen LogP contribution is -2.28. The fourth-order valence-corrected chi connectivity index (χ4v) is 1.81. The molecule has 0 saturated heterocycles. The third-order valence-electron chi connectivity index (χ3n) is 2.55. The second-order valence-electron chi connectivity index (χ2n) is 5.40. The van der Waals surface area contributed by atoms with E-state index in [-0.39, 0.29) is 0 Å². The molecule has 0 bridgehead atoms. The van der Waals surface area contributed by atoms with Crippen LogP contribution in [0.4, 0.5) is 4.79 Å². The molecule has 2 heterocycles. The number of ether oxygens (including phenoxy) is 1. The van der Waals surface area contributed by atoms with E-state index >= 15 is 0 Å². The first-order valence-electron chi connectivity index (χ1n) is 6.42. The van der Waals surface area contributed by atoms with Gasteiger partial charge in [-0.05, 0) is 32.9 Å². The lowest BCUT2D eigenvalue weighted by Gasteiger charge is -2.20. The standard InChI is InChI=1S/C14H17N3O3/c1-14(2,3)20-13(19)17-11(7-5-9-18)16-10-6-4-8-15-12(10)17/h4,6,8-9H,5,7H2,1-3H3. The molecule has 0 radical (unpaired) electrons. The summed E-state index contributed by atoms with van der Waals surface area (Å²) in [5.74, 6) is 0.486. The summed E-state index contributed by atoms with van der Waals surface area (Å²) in [6, 6.07) is 3.52. The molecule has 0 aliphatic carbocycles. The molecule has 106 valence electrons. The first-order chi connectivity index (χ1) is 9.42. The summed E-state index contributed by atoms with van der Waals surface area (Å²) in [4.78, 5) is 31.3. The lowest BCUT2D eigenvalue weighted by atomic mass is 10.2. The molecule has 2 rings (SSSR count). The fourth-order valence-electron chi connectivity index (χ4n) is 1.81. The number of hydrogen-bond acceptors (Lipinski definition) is 5. The van der Waals surface area contributed by atoms with Crippen molar-refractivity contribution in [3.63, 3.8) is 0 Å². The molecule has 0 aliphatic rings. The summed E-state index contributed by atoms with van der Waals surface area (Å²) in [7, 11) is 0. The number of aromatic nitrogens is 3. The average Bonchev–Trinajstić information content (AvgIpc) is 2.72. The minimum atomic E-state index is -0.607. The Hall–Kier alpha value is -2.24. The van der Waals surface area contributed by atoms with Gasteiger partial charge in [0.2, 0.25) is 0 Å². The Morgan fingerprint density at radius 3 is 2.85 bits per heavy atom. The number of aldehydes is 1. The van der Waals surface area contributed by atoms with E-state index < -0.39 is 11.7 Å². The van der Waals surface area contributed by atoms with Crippen molar-refractivity contribution in [3.05, 3.63) is 24.2 Å². The fraction of sp³-hybridized carbons (Fsp3) is 0.429. The normalized spacial score (nSPS) is 11.6. The van der Waals surface area contributed by atoms with Crippen molar-refractivity contribution >= 4 is 23.5 Å². The van der Waals surface area contributed by atoms with Gasteiger partial charge in [-0.15, -0.1) is 0 Å². The Labute approximate surface area is 116 Å². The molecule has 2 aromatic rings.